The van der Waals surface area contributed by atoms with Crippen LogP contribution in [0.3, 0.4) is 0 Å². The van der Waals surface area contributed by atoms with Crippen LogP contribution in [-0.4, -0.2) is 50.2 Å². The van der Waals surface area contributed by atoms with Crippen LogP contribution < -0.4 is 15.2 Å². The summed E-state index contributed by atoms with van der Waals surface area (Å²) in [5, 5.41) is 0. The number of hydrogen-bond acceptors (Lipinski definition) is 6. The number of aryl methyl sites for hydroxylation is 1. The van der Waals surface area contributed by atoms with Crippen molar-refractivity contribution in [3.8, 4) is 11.5 Å². The van der Waals surface area contributed by atoms with Gasteiger partial charge in [-0.1, -0.05) is 27.7 Å². The fourth-order valence-electron chi connectivity index (χ4n) is 3.19. The van der Waals surface area contributed by atoms with E-state index in [4.69, 9.17) is 32.3 Å². The van der Waals surface area contributed by atoms with Gasteiger partial charge in [-0.3, -0.25) is 9.69 Å². The fourth-order valence-corrected chi connectivity index (χ4v) is 3.19. The van der Waals surface area contributed by atoms with E-state index in [1.807, 2.05) is 0 Å². The Kier molecular flexibility index (Phi) is 3.57. The van der Waals surface area contributed by atoms with E-state index in [1.54, 1.807) is 27.7 Å². The molecule has 1 aromatic rings. The lowest BCUT2D eigenvalue weighted by Gasteiger charge is -2.47. The number of carbonyl (C=O) groups excluding carboxylic acids is 1. The van der Waals surface area contributed by atoms with Gasteiger partial charge in [0.15, 0.2) is 11.5 Å². The third-order valence-corrected chi connectivity index (χ3v) is 4.89. The zero-order valence-corrected chi connectivity index (χ0v) is 17.8. The summed E-state index contributed by atoms with van der Waals surface area (Å²) in [5.41, 5.74) is 4.60. The van der Waals surface area contributed by atoms with E-state index in [9.17, 15) is 10.3 Å². The van der Waals surface area contributed by atoms with Gasteiger partial charge in [0.2, 0.25) is 0 Å². The Balaban J connectivity index is 2.50. The molecule has 2 aliphatic rings. The molecule has 0 saturated carbocycles. The second kappa shape index (κ2) is 9.56. The molecule has 6 heteroatoms. The van der Waals surface area contributed by atoms with E-state index in [2.05, 4.69) is 0 Å². The Bertz CT molecular complexity index is 1260. The minimum absolute atomic E-state index is 0.0567. The standard InChI is InChI=1S/C24H38N2O4/c1-14(2)9-17-13-26-8-7-16-10-21(28-5)22(29-6)11-18(16)19(26)12-20(17)30-24(27)23(25)15(3)4/h10-11,14-15,17,19-20,23H,7-9,12-13,25H2,1-6H3/t17?,19?,20?,23-/m0/s1/i5D3,7D2,8D2,12D2,13D2,17D,19D. The average molecular weight is 432 g/mol. The van der Waals surface area contributed by atoms with E-state index in [-0.39, 0.29) is 4.90 Å². The molecule has 2 N–H and O–H groups in total. The highest BCUT2D eigenvalue weighted by Crippen LogP contribution is 2.44. The number of hydrogen-bond donors (Lipinski definition) is 1. The normalized spacial score (nSPS) is 43.3. The average Bonchev–Trinajstić information content (AvgIpc) is 2.82. The Morgan fingerprint density at radius 2 is 2.07 bits per heavy atom. The Morgan fingerprint density at radius 1 is 1.33 bits per heavy atom. The molecule has 0 amide bonds. The van der Waals surface area contributed by atoms with Gasteiger partial charge in [0.05, 0.1) is 19.6 Å². The summed E-state index contributed by atoms with van der Waals surface area (Å²) in [4.78, 5) is 13.2. The summed E-state index contributed by atoms with van der Waals surface area (Å²) in [6.45, 7) is -0.504. The molecule has 3 unspecified atom stereocenters. The lowest BCUT2D eigenvalue weighted by molar-refractivity contribution is -0.160. The first-order chi connectivity index (χ1) is 19.2. The van der Waals surface area contributed by atoms with Crippen molar-refractivity contribution in [3.63, 3.8) is 0 Å². The number of nitrogens with zero attached hydrogens (tertiary/aromatic N) is 1. The van der Waals surface area contributed by atoms with E-state index >= 15 is 0 Å². The predicted octanol–water partition coefficient (Wildman–Crippen LogP) is 3.56. The van der Waals surface area contributed by atoms with Gasteiger partial charge in [0, 0.05) is 43.6 Å². The highest BCUT2D eigenvalue weighted by Gasteiger charge is 2.41. The van der Waals surface area contributed by atoms with Gasteiger partial charge in [0.1, 0.15) is 12.1 Å². The summed E-state index contributed by atoms with van der Waals surface area (Å²) in [5.74, 6) is -5.92. The number of benzene rings is 1. The van der Waals surface area contributed by atoms with Crippen molar-refractivity contribution >= 4 is 5.97 Å². The maximum atomic E-state index is 13.1. The summed E-state index contributed by atoms with van der Waals surface area (Å²) < 4.78 is 129. The van der Waals surface area contributed by atoms with Crippen LogP contribution in [0.1, 0.15) is 75.5 Å². The van der Waals surface area contributed by atoms with Crippen LogP contribution in [0.25, 0.3) is 0 Å². The largest absolute Gasteiger partial charge is 0.493 e. The van der Waals surface area contributed by atoms with Crippen molar-refractivity contribution in [2.75, 3.05) is 27.1 Å². The van der Waals surface area contributed by atoms with E-state index in [0.717, 1.165) is 19.2 Å². The SMILES string of the molecule is [2H]C([2H])([2H])Oc1cc2c(cc1OC)C1([2H])N(C([2H])([2H])C2([2H])[2H])C([2H])([2H])C([2H])(CC(C)C)C(OC(=O)[C@@H](N)C(C)C)C1([2H])[2H]. The Hall–Kier alpha value is -1.79. The molecule has 0 aliphatic carbocycles. The topological polar surface area (TPSA) is 74.0 Å². The molecule has 0 bridgehead atoms. The van der Waals surface area contributed by atoms with Gasteiger partial charge in [-0.05, 0) is 47.9 Å². The Morgan fingerprint density at radius 3 is 2.70 bits per heavy atom. The molecule has 6 nitrogen and oxygen atoms in total. The van der Waals surface area contributed by atoms with Crippen molar-refractivity contribution in [1.29, 1.82) is 0 Å². The number of methoxy groups -OCH3 is 2. The molecule has 0 radical (unpaired) electrons. The molecular weight excluding hydrogens is 380 g/mol. The van der Waals surface area contributed by atoms with E-state index < -0.39 is 104 Å². The van der Waals surface area contributed by atoms with Gasteiger partial charge < -0.3 is 19.9 Å². The first-order valence-electron chi connectivity index (χ1n) is 16.3. The van der Waals surface area contributed by atoms with Crippen molar-refractivity contribution in [2.24, 2.45) is 23.5 Å². The quantitative estimate of drug-likeness (QED) is 0.666. The second-order valence-electron chi connectivity index (χ2n) is 8.04. The highest BCUT2D eigenvalue weighted by molar-refractivity contribution is 5.76. The Labute approximate surface area is 199 Å². The van der Waals surface area contributed by atoms with Crippen LogP contribution in [0.4, 0.5) is 0 Å². The molecule has 0 spiro atoms. The zero-order chi connectivity index (χ0) is 33.5. The number of nitrogens with two attached hydrogens (primary N) is 1. The van der Waals surface area contributed by atoms with Gasteiger partial charge in [0.25, 0.3) is 0 Å². The highest BCUT2D eigenvalue weighted by atomic mass is 16.5. The molecule has 4 atom stereocenters. The minimum atomic E-state index is -3.53. The molecule has 2 heterocycles. The van der Waals surface area contributed by atoms with Crippen LogP contribution in [-0.2, 0) is 15.9 Å². The molecule has 1 saturated heterocycles. The van der Waals surface area contributed by atoms with Gasteiger partial charge in [-0.25, -0.2) is 0 Å². The number of esters is 1. The molecule has 3 rings (SSSR count). The molecule has 168 valence electrons. The van der Waals surface area contributed by atoms with E-state index in [1.165, 1.54) is 0 Å². The third kappa shape index (κ3) is 4.75. The number of piperidine rings is 1. The van der Waals surface area contributed by atoms with Gasteiger partial charge in [-0.15, -0.1) is 0 Å². The number of fused-ring (bicyclic) bond motifs is 3. The van der Waals surface area contributed by atoms with E-state index in [0.29, 0.717) is 0 Å². The molecular formula is C24H38N2O4. The lowest BCUT2D eigenvalue weighted by Crippen LogP contribution is -2.51. The predicted molar refractivity (Wildman–Crippen MR) is 118 cm³/mol. The molecule has 30 heavy (non-hydrogen) atoms. The monoisotopic (exact) mass is 431 g/mol. The minimum Gasteiger partial charge on any atom is -0.493 e. The molecule has 1 fully saturated rings. The number of ether oxygens (including phenoxy) is 3. The van der Waals surface area contributed by atoms with Crippen LogP contribution in [0.5, 0.6) is 11.5 Å². The van der Waals surface area contributed by atoms with Crippen LogP contribution in [0.2, 0.25) is 0 Å². The molecule has 1 aromatic carbocycles. The third-order valence-electron chi connectivity index (χ3n) is 4.89. The van der Waals surface area contributed by atoms with Crippen LogP contribution in [0, 0.1) is 17.7 Å². The van der Waals surface area contributed by atoms with Crippen molar-refractivity contribution in [3.05, 3.63) is 23.3 Å². The van der Waals surface area contributed by atoms with Crippen molar-refractivity contribution in [1.82, 2.24) is 4.90 Å². The second-order valence-corrected chi connectivity index (χ2v) is 8.04. The van der Waals surface area contributed by atoms with Crippen LogP contribution >= 0.6 is 0 Å². The maximum Gasteiger partial charge on any atom is 0.323 e. The fraction of sp³-hybridized carbons (Fsp3) is 0.708. The summed E-state index contributed by atoms with van der Waals surface area (Å²) in [6.07, 6.45) is -9.36. The lowest BCUT2D eigenvalue weighted by atomic mass is 9.79. The summed E-state index contributed by atoms with van der Waals surface area (Å²) in [7, 11) is -1.96. The van der Waals surface area contributed by atoms with Gasteiger partial charge >= 0.3 is 5.97 Å². The number of carbonyl (C=O) groups is 1. The van der Waals surface area contributed by atoms with Crippen LogP contribution in [0.15, 0.2) is 12.1 Å². The van der Waals surface area contributed by atoms with Crippen molar-refractivity contribution < 1.29 is 36.8 Å². The maximum absolute atomic E-state index is 13.1. The first-order valence-corrected chi connectivity index (χ1v) is 9.84. The summed E-state index contributed by atoms with van der Waals surface area (Å²) in [6, 6.07) is -2.86. The zero-order valence-electron chi connectivity index (χ0n) is 30.8. The van der Waals surface area contributed by atoms with Crippen molar-refractivity contribution in [2.45, 2.75) is 65.0 Å². The summed E-state index contributed by atoms with van der Waals surface area (Å²) >= 11 is 0. The smallest absolute Gasteiger partial charge is 0.323 e. The molecule has 2 aliphatic heterocycles. The first kappa shape index (κ1) is 11.2. The molecule has 0 aromatic heterocycles. The number of rotatable bonds is 7. The van der Waals surface area contributed by atoms with Gasteiger partial charge in [-0.2, -0.15) is 0 Å².